The molecule has 138 valence electrons. The molecule has 0 N–H and O–H groups in total. The molecule has 1 saturated heterocycles. The lowest BCUT2D eigenvalue weighted by Crippen LogP contribution is -2.73. The van der Waals surface area contributed by atoms with Crippen LogP contribution in [0.3, 0.4) is 0 Å². The molecule has 0 saturated carbocycles. The predicted octanol–water partition coefficient (Wildman–Crippen LogP) is 3.45. The summed E-state index contributed by atoms with van der Waals surface area (Å²) in [5.41, 5.74) is -0.847. The van der Waals surface area contributed by atoms with E-state index in [4.69, 9.17) is 14.2 Å². The van der Waals surface area contributed by atoms with Crippen LogP contribution in [-0.4, -0.2) is 41.5 Å². The largest absolute Gasteiger partial charge is 0.443 e. The SMILES string of the molecule is CCOC(C)O[C@H]1C(=O)N(C(=O)OC(C)(C)C)[C@@]1(C)c1ccccc1. The smallest absolute Gasteiger partial charge is 0.418 e. The van der Waals surface area contributed by atoms with E-state index in [0.717, 1.165) is 10.5 Å². The predicted molar refractivity (Wildman–Crippen MR) is 92.8 cm³/mol. The van der Waals surface area contributed by atoms with Crippen LogP contribution in [0.2, 0.25) is 0 Å². The first kappa shape index (κ1) is 19.4. The Labute approximate surface area is 149 Å². The van der Waals surface area contributed by atoms with Crippen molar-refractivity contribution in [1.82, 2.24) is 4.90 Å². The van der Waals surface area contributed by atoms with Crippen molar-refractivity contribution in [3.8, 4) is 0 Å². The van der Waals surface area contributed by atoms with Crippen LogP contribution in [0.1, 0.15) is 47.1 Å². The molecule has 1 aromatic rings. The van der Waals surface area contributed by atoms with Crippen LogP contribution in [0.4, 0.5) is 4.79 Å². The van der Waals surface area contributed by atoms with Gasteiger partial charge < -0.3 is 14.2 Å². The molecule has 1 aliphatic heterocycles. The van der Waals surface area contributed by atoms with Gasteiger partial charge in [-0.3, -0.25) is 4.79 Å². The Hall–Kier alpha value is -1.92. The summed E-state index contributed by atoms with van der Waals surface area (Å²) >= 11 is 0. The number of likely N-dealkylation sites (tertiary alicyclic amines) is 1. The van der Waals surface area contributed by atoms with Crippen molar-refractivity contribution in [1.29, 1.82) is 0 Å². The minimum absolute atomic E-state index is 0.424. The van der Waals surface area contributed by atoms with Crippen LogP contribution >= 0.6 is 0 Å². The zero-order valence-electron chi connectivity index (χ0n) is 15.7. The third-order valence-electron chi connectivity index (χ3n) is 4.08. The van der Waals surface area contributed by atoms with Crippen molar-refractivity contribution in [2.24, 2.45) is 0 Å². The molecule has 1 unspecified atom stereocenters. The van der Waals surface area contributed by atoms with Crippen molar-refractivity contribution >= 4 is 12.0 Å². The van der Waals surface area contributed by atoms with Crippen LogP contribution in [-0.2, 0) is 24.5 Å². The molecule has 2 rings (SSSR count). The number of hydrogen-bond acceptors (Lipinski definition) is 5. The van der Waals surface area contributed by atoms with Crippen molar-refractivity contribution in [3.63, 3.8) is 0 Å². The Balaban J connectivity index is 2.33. The van der Waals surface area contributed by atoms with E-state index in [1.807, 2.05) is 37.3 Å². The fourth-order valence-electron chi connectivity index (χ4n) is 2.94. The van der Waals surface area contributed by atoms with Crippen molar-refractivity contribution in [2.45, 2.75) is 65.1 Å². The van der Waals surface area contributed by atoms with E-state index in [1.54, 1.807) is 34.6 Å². The lowest BCUT2D eigenvalue weighted by atomic mass is 9.76. The first-order valence-corrected chi connectivity index (χ1v) is 8.51. The van der Waals surface area contributed by atoms with E-state index in [2.05, 4.69) is 0 Å². The topological polar surface area (TPSA) is 65.1 Å². The third-order valence-corrected chi connectivity index (χ3v) is 4.08. The summed E-state index contributed by atoms with van der Waals surface area (Å²) in [5.74, 6) is -0.424. The number of carbonyl (C=O) groups is 2. The van der Waals surface area contributed by atoms with Gasteiger partial charge in [0, 0.05) is 6.61 Å². The highest BCUT2D eigenvalue weighted by molar-refractivity contribution is 6.02. The van der Waals surface area contributed by atoms with E-state index >= 15 is 0 Å². The van der Waals surface area contributed by atoms with Gasteiger partial charge in [-0.1, -0.05) is 30.3 Å². The Kier molecular flexibility index (Phi) is 5.54. The lowest BCUT2D eigenvalue weighted by molar-refractivity contribution is -0.230. The second-order valence-corrected chi connectivity index (χ2v) is 7.21. The highest BCUT2D eigenvalue weighted by Crippen LogP contribution is 2.44. The summed E-state index contributed by atoms with van der Waals surface area (Å²) in [4.78, 5) is 26.4. The molecule has 0 aliphatic carbocycles. The van der Waals surface area contributed by atoms with E-state index < -0.39 is 35.5 Å². The maximum absolute atomic E-state index is 12.7. The van der Waals surface area contributed by atoms with Gasteiger partial charge in [-0.15, -0.1) is 0 Å². The van der Waals surface area contributed by atoms with Crippen LogP contribution < -0.4 is 0 Å². The summed E-state index contributed by atoms with van der Waals surface area (Å²) in [6, 6.07) is 9.33. The number of rotatable bonds is 5. The summed E-state index contributed by atoms with van der Waals surface area (Å²) < 4.78 is 16.6. The van der Waals surface area contributed by atoms with Gasteiger partial charge in [0.15, 0.2) is 12.4 Å². The summed E-state index contributed by atoms with van der Waals surface area (Å²) in [7, 11) is 0. The molecule has 0 bridgehead atoms. The van der Waals surface area contributed by atoms with Gasteiger partial charge in [-0.2, -0.15) is 0 Å². The zero-order chi connectivity index (χ0) is 18.8. The molecule has 6 heteroatoms. The minimum atomic E-state index is -0.952. The van der Waals surface area contributed by atoms with Gasteiger partial charge in [-0.25, -0.2) is 9.69 Å². The standard InChI is InChI=1S/C19H27NO5/c1-7-23-13(2)24-15-16(21)20(17(22)25-18(3,4)5)19(15,6)14-11-9-8-10-12-14/h8-13,15H,7H2,1-6H3/t13?,15-,19-/m0/s1. The van der Waals surface area contributed by atoms with Gasteiger partial charge in [0.2, 0.25) is 0 Å². The van der Waals surface area contributed by atoms with E-state index in [0.29, 0.717) is 6.61 Å². The number of amides is 2. The molecule has 1 fully saturated rings. The molecule has 25 heavy (non-hydrogen) atoms. The van der Waals surface area contributed by atoms with E-state index in [-0.39, 0.29) is 0 Å². The van der Waals surface area contributed by atoms with Crippen LogP contribution in [0.5, 0.6) is 0 Å². The van der Waals surface area contributed by atoms with Crippen molar-refractivity contribution in [2.75, 3.05) is 6.61 Å². The van der Waals surface area contributed by atoms with Gasteiger partial charge in [0.1, 0.15) is 11.1 Å². The number of benzene rings is 1. The number of nitrogens with zero attached hydrogens (tertiary/aromatic N) is 1. The molecule has 0 aromatic heterocycles. The molecular formula is C19H27NO5. The Bertz CT molecular complexity index is 624. The van der Waals surface area contributed by atoms with E-state index in [9.17, 15) is 9.59 Å². The maximum Gasteiger partial charge on any atom is 0.418 e. The minimum Gasteiger partial charge on any atom is -0.443 e. The molecule has 3 atom stereocenters. The van der Waals surface area contributed by atoms with Crippen LogP contribution in [0.15, 0.2) is 30.3 Å². The Morgan fingerprint density at radius 1 is 1.28 bits per heavy atom. The van der Waals surface area contributed by atoms with Gasteiger partial charge >= 0.3 is 6.09 Å². The first-order chi connectivity index (χ1) is 11.6. The number of hydrogen-bond donors (Lipinski definition) is 0. The highest BCUT2D eigenvalue weighted by atomic mass is 16.7. The average molecular weight is 349 g/mol. The molecule has 2 amide bonds. The fraction of sp³-hybridized carbons (Fsp3) is 0.579. The normalized spacial score (nSPS) is 24.6. The van der Waals surface area contributed by atoms with Crippen molar-refractivity contribution in [3.05, 3.63) is 35.9 Å². The average Bonchev–Trinajstić information content (AvgIpc) is 2.52. The molecular weight excluding hydrogens is 322 g/mol. The molecule has 0 radical (unpaired) electrons. The second kappa shape index (κ2) is 7.14. The zero-order valence-corrected chi connectivity index (χ0v) is 15.7. The highest BCUT2D eigenvalue weighted by Gasteiger charge is 2.63. The number of carbonyl (C=O) groups excluding carboxylic acids is 2. The van der Waals surface area contributed by atoms with Gasteiger partial charge in [-0.05, 0) is 47.1 Å². The summed E-state index contributed by atoms with van der Waals surface area (Å²) in [5, 5.41) is 0. The number of β-lactam (4-membered cyclic amide) rings is 1. The summed E-state index contributed by atoms with van der Waals surface area (Å²) in [6.45, 7) is 11.2. The fourth-order valence-corrected chi connectivity index (χ4v) is 2.94. The molecule has 0 spiro atoms. The summed E-state index contributed by atoms with van der Waals surface area (Å²) in [6.07, 6.45) is -2.04. The second-order valence-electron chi connectivity index (χ2n) is 7.21. The van der Waals surface area contributed by atoms with Gasteiger partial charge in [0.05, 0.1) is 0 Å². The maximum atomic E-state index is 12.7. The van der Waals surface area contributed by atoms with Crippen LogP contribution in [0.25, 0.3) is 0 Å². The number of ether oxygens (including phenoxy) is 3. The first-order valence-electron chi connectivity index (χ1n) is 8.51. The Morgan fingerprint density at radius 2 is 1.88 bits per heavy atom. The molecule has 1 aliphatic rings. The molecule has 1 heterocycles. The molecule has 6 nitrogen and oxygen atoms in total. The molecule has 1 aromatic carbocycles. The Morgan fingerprint density at radius 3 is 2.40 bits per heavy atom. The van der Waals surface area contributed by atoms with E-state index in [1.165, 1.54) is 0 Å². The third kappa shape index (κ3) is 3.85. The lowest BCUT2D eigenvalue weighted by Gasteiger charge is -2.53. The quantitative estimate of drug-likeness (QED) is 0.602. The number of imide groups is 1. The van der Waals surface area contributed by atoms with Gasteiger partial charge in [0.25, 0.3) is 5.91 Å². The van der Waals surface area contributed by atoms with Crippen LogP contribution in [0, 0.1) is 0 Å². The monoisotopic (exact) mass is 349 g/mol. The van der Waals surface area contributed by atoms with Crippen molar-refractivity contribution < 1.29 is 23.8 Å².